The Labute approximate surface area is 106 Å². The minimum absolute atomic E-state index is 0.0362. The van der Waals surface area contributed by atoms with E-state index in [1.165, 1.54) is 17.5 Å². The Morgan fingerprint density at radius 3 is 2.83 bits per heavy atom. The molecule has 0 fully saturated rings. The van der Waals surface area contributed by atoms with Gasteiger partial charge in [0.25, 0.3) is 0 Å². The molecule has 2 atom stereocenters. The Kier molecular flexibility index (Phi) is 3.21. The molecule has 2 unspecified atom stereocenters. The van der Waals surface area contributed by atoms with Crippen LogP contribution in [0.25, 0.3) is 5.57 Å². The van der Waals surface area contributed by atoms with Crippen molar-refractivity contribution >= 4 is 27.9 Å². The van der Waals surface area contributed by atoms with Gasteiger partial charge in [-0.25, -0.2) is 13.6 Å². The van der Waals surface area contributed by atoms with Crippen molar-refractivity contribution < 1.29 is 18.7 Å². The Bertz CT molecular complexity index is 562. The highest BCUT2D eigenvalue weighted by Crippen LogP contribution is 2.38. The highest BCUT2D eigenvalue weighted by atomic mass is 32.1. The average Bonchev–Trinajstić information content (AvgIpc) is 2.68. The summed E-state index contributed by atoms with van der Waals surface area (Å²) >= 11 is 0.997. The lowest BCUT2D eigenvalue weighted by molar-refractivity contribution is 0.0698. The number of nitrogen functional groups attached to an aromatic ring is 1. The second-order valence-corrected chi connectivity index (χ2v) is 4.99. The van der Waals surface area contributed by atoms with Crippen LogP contribution in [0.3, 0.4) is 0 Å². The van der Waals surface area contributed by atoms with E-state index in [0.29, 0.717) is 0 Å². The maximum atomic E-state index is 13.9. The van der Waals surface area contributed by atoms with Crippen molar-refractivity contribution in [1.82, 2.24) is 0 Å². The molecule has 1 aromatic rings. The third-order valence-corrected chi connectivity index (χ3v) is 3.66. The Morgan fingerprint density at radius 2 is 2.22 bits per heavy atom. The summed E-state index contributed by atoms with van der Waals surface area (Å²) in [5.74, 6) is -2.74. The maximum absolute atomic E-state index is 13.9. The zero-order chi connectivity index (χ0) is 13.4. The summed E-state index contributed by atoms with van der Waals surface area (Å²) in [6.07, 6.45) is 1.18. The zero-order valence-electron chi connectivity index (χ0n) is 9.48. The summed E-state index contributed by atoms with van der Waals surface area (Å²) in [6, 6.07) is 0. The van der Waals surface area contributed by atoms with Gasteiger partial charge in [0.15, 0.2) is 6.17 Å². The Morgan fingerprint density at radius 1 is 1.56 bits per heavy atom. The highest BCUT2D eigenvalue weighted by Gasteiger charge is 2.29. The molecule has 0 bridgehead atoms. The summed E-state index contributed by atoms with van der Waals surface area (Å²) in [4.78, 5) is 11.1. The van der Waals surface area contributed by atoms with E-state index in [1.54, 1.807) is 6.92 Å². The van der Waals surface area contributed by atoms with E-state index >= 15 is 0 Å². The molecule has 0 aliphatic heterocycles. The molecule has 3 N–H and O–H groups in total. The number of carboxylic acids is 1. The predicted octanol–water partition coefficient (Wildman–Crippen LogP) is 3.25. The molecule has 1 aromatic heterocycles. The van der Waals surface area contributed by atoms with E-state index in [2.05, 4.69) is 0 Å². The molecule has 0 saturated carbocycles. The predicted molar refractivity (Wildman–Crippen MR) is 66.9 cm³/mol. The van der Waals surface area contributed by atoms with Gasteiger partial charge in [-0.1, -0.05) is 19.1 Å². The van der Waals surface area contributed by atoms with Crippen LogP contribution in [0, 0.1) is 5.92 Å². The number of aromatic carboxylic acids is 1. The van der Waals surface area contributed by atoms with Gasteiger partial charge in [0.1, 0.15) is 16.4 Å². The van der Waals surface area contributed by atoms with Crippen molar-refractivity contribution in [2.45, 2.75) is 13.1 Å². The fourth-order valence-corrected chi connectivity index (χ4v) is 2.62. The minimum atomic E-state index is -1.74. The number of alkyl halides is 1. The molecule has 18 heavy (non-hydrogen) atoms. The standard InChI is InChI=1S/C12H11F2NO2S/c1-5-2-3-6(10(14)9(5)13)7-4-18-11(15)8(7)12(16)17/h2-5,9H,15H2,1H3,(H,16,17). The van der Waals surface area contributed by atoms with E-state index in [0.717, 1.165) is 11.3 Å². The van der Waals surface area contributed by atoms with Gasteiger partial charge in [-0.05, 0) is 0 Å². The van der Waals surface area contributed by atoms with Gasteiger partial charge in [0, 0.05) is 22.4 Å². The van der Waals surface area contributed by atoms with E-state index in [9.17, 15) is 13.6 Å². The monoisotopic (exact) mass is 271 g/mol. The second kappa shape index (κ2) is 4.53. The molecule has 0 spiro atoms. The molecular formula is C12H11F2NO2S. The third-order valence-electron chi connectivity index (χ3n) is 2.85. The number of halogens is 2. The van der Waals surface area contributed by atoms with Crippen LogP contribution in [0.2, 0.25) is 0 Å². The number of nitrogens with two attached hydrogens (primary N) is 1. The molecule has 3 nitrogen and oxygen atoms in total. The molecular weight excluding hydrogens is 260 g/mol. The molecule has 0 amide bonds. The largest absolute Gasteiger partial charge is 0.478 e. The summed E-state index contributed by atoms with van der Waals surface area (Å²) in [5, 5.41) is 10.5. The SMILES string of the molecule is CC1C=CC(c2csc(N)c2C(=O)O)=C(F)C1F. The van der Waals surface area contributed by atoms with E-state index in [-0.39, 0.29) is 21.7 Å². The molecule has 0 saturated heterocycles. The van der Waals surface area contributed by atoms with Crippen molar-refractivity contribution in [3.63, 3.8) is 0 Å². The van der Waals surface area contributed by atoms with Crippen LogP contribution in [-0.4, -0.2) is 17.2 Å². The number of carboxylic acid groups (broad SMARTS) is 1. The first-order valence-corrected chi connectivity index (χ1v) is 6.14. The Hall–Kier alpha value is -1.69. The molecule has 6 heteroatoms. The van der Waals surface area contributed by atoms with E-state index in [1.807, 2.05) is 0 Å². The smallest absolute Gasteiger partial charge is 0.339 e. The highest BCUT2D eigenvalue weighted by molar-refractivity contribution is 7.14. The van der Waals surface area contributed by atoms with Gasteiger partial charge >= 0.3 is 5.97 Å². The molecule has 2 rings (SSSR count). The number of anilines is 1. The first-order valence-electron chi connectivity index (χ1n) is 5.26. The molecule has 1 heterocycles. The quantitative estimate of drug-likeness (QED) is 0.867. The van der Waals surface area contributed by atoms with Crippen molar-refractivity contribution in [2.75, 3.05) is 5.73 Å². The number of thiophene rings is 1. The van der Waals surface area contributed by atoms with Gasteiger partial charge in [0.2, 0.25) is 0 Å². The van der Waals surface area contributed by atoms with E-state index in [4.69, 9.17) is 10.8 Å². The number of carbonyl (C=O) groups is 1. The number of hydrogen-bond acceptors (Lipinski definition) is 3. The van der Waals surface area contributed by atoms with E-state index < -0.39 is 23.9 Å². The van der Waals surface area contributed by atoms with Crippen LogP contribution in [0.5, 0.6) is 0 Å². The lowest BCUT2D eigenvalue weighted by Gasteiger charge is -2.18. The normalized spacial score (nSPS) is 23.5. The van der Waals surface area contributed by atoms with Crippen LogP contribution < -0.4 is 5.73 Å². The van der Waals surface area contributed by atoms with Crippen molar-refractivity contribution in [1.29, 1.82) is 0 Å². The zero-order valence-corrected chi connectivity index (χ0v) is 10.3. The van der Waals surface area contributed by atoms with Gasteiger partial charge in [-0.2, -0.15) is 0 Å². The summed E-state index contributed by atoms with van der Waals surface area (Å²) < 4.78 is 27.4. The minimum Gasteiger partial charge on any atom is -0.478 e. The van der Waals surface area contributed by atoms with Gasteiger partial charge in [-0.3, -0.25) is 0 Å². The van der Waals surface area contributed by atoms with Crippen LogP contribution in [-0.2, 0) is 0 Å². The summed E-state index contributed by atoms with van der Waals surface area (Å²) in [5.41, 5.74) is 5.46. The first-order chi connectivity index (χ1) is 8.43. The van der Waals surface area contributed by atoms with Crippen molar-refractivity contribution in [2.24, 2.45) is 5.92 Å². The molecule has 1 aliphatic rings. The molecule has 96 valence electrons. The van der Waals surface area contributed by atoms with Crippen molar-refractivity contribution in [3.8, 4) is 0 Å². The summed E-state index contributed by atoms with van der Waals surface area (Å²) in [7, 11) is 0. The lowest BCUT2D eigenvalue weighted by Crippen LogP contribution is -2.16. The molecule has 0 radical (unpaired) electrons. The number of rotatable bonds is 2. The van der Waals surface area contributed by atoms with Crippen LogP contribution in [0.4, 0.5) is 13.8 Å². The first kappa shape index (κ1) is 12.8. The number of allylic oxidation sites excluding steroid dienone is 4. The topological polar surface area (TPSA) is 63.3 Å². The van der Waals surface area contributed by atoms with Gasteiger partial charge in [-0.15, -0.1) is 11.3 Å². The Balaban J connectivity index is 2.57. The molecule has 0 aromatic carbocycles. The lowest BCUT2D eigenvalue weighted by atomic mass is 9.91. The van der Waals surface area contributed by atoms with Crippen LogP contribution in [0.1, 0.15) is 22.8 Å². The fourth-order valence-electron chi connectivity index (χ4n) is 1.81. The van der Waals surface area contributed by atoms with Gasteiger partial charge in [0.05, 0.1) is 0 Å². The van der Waals surface area contributed by atoms with Crippen LogP contribution >= 0.6 is 11.3 Å². The van der Waals surface area contributed by atoms with Crippen LogP contribution in [0.15, 0.2) is 23.4 Å². The third kappa shape index (κ3) is 1.92. The average molecular weight is 271 g/mol. The summed E-state index contributed by atoms with van der Waals surface area (Å²) in [6.45, 7) is 1.55. The van der Waals surface area contributed by atoms with Gasteiger partial charge < -0.3 is 10.8 Å². The fraction of sp³-hybridized carbons (Fsp3) is 0.250. The number of hydrogen-bond donors (Lipinski definition) is 2. The van der Waals surface area contributed by atoms with Crippen molar-refractivity contribution in [3.05, 3.63) is 34.5 Å². The second-order valence-electron chi connectivity index (χ2n) is 4.08. The maximum Gasteiger partial charge on any atom is 0.339 e. The molecule has 1 aliphatic carbocycles.